The molecular formula is C14H16O5. The molecule has 0 radical (unpaired) electrons. The predicted molar refractivity (Wildman–Crippen MR) is 68.2 cm³/mol. The number of esters is 1. The third-order valence-corrected chi connectivity index (χ3v) is 2.18. The van der Waals surface area contributed by atoms with Gasteiger partial charge in [-0.25, -0.2) is 4.79 Å². The summed E-state index contributed by atoms with van der Waals surface area (Å²) >= 11 is 0. The molecule has 0 aliphatic heterocycles. The Morgan fingerprint density at radius 3 is 1.95 bits per heavy atom. The highest BCUT2D eigenvalue weighted by molar-refractivity contribution is 6.06. The number of Topliss-reactive ketones (excluding diaryl/α,β-unsaturated/α-hetero) is 1. The fourth-order valence-corrected chi connectivity index (χ4v) is 1.41. The standard InChI is InChI=1S/C14H16O5/c1-14(2,3)19-12(16)8-11(15)9-4-6-10(7-5-9)13(17)18/h4-7H,8H2,1-3H3,(H,17,18). The van der Waals surface area contributed by atoms with Gasteiger partial charge in [0.2, 0.25) is 0 Å². The minimum atomic E-state index is -1.06. The molecule has 0 amide bonds. The van der Waals surface area contributed by atoms with Crippen molar-refractivity contribution < 1.29 is 24.2 Å². The van der Waals surface area contributed by atoms with E-state index in [1.165, 1.54) is 24.3 Å². The zero-order chi connectivity index (χ0) is 14.6. The molecule has 0 aromatic heterocycles. The number of carbonyl (C=O) groups excluding carboxylic acids is 2. The molecular weight excluding hydrogens is 248 g/mol. The third-order valence-electron chi connectivity index (χ3n) is 2.18. The Balaban J connectivity index is 2.68. The Labute approximate surface area is 111 Å². The molecule has 0 saturated carbocycles. The normalized spacial score (nSPS) is 10.9. The van der Waals surface area contributed by atoms with Gasteiger partial charge in [0, 0.05) is 5.56 Å². The SMILES string of the molecule is CC(C)(C)OC(=O)CC(=O)c1ccc(C(=O)O)cc1. The van der Waals surface area contributed by atoms with E-state index in [0.29, 0.717) is 0 Å². The molecule has 0 aliphatic carbocycles. The first-order valence-electron chi connectivity index (χ1n) is 5.77. The number of carboxylic acids is 1. The van der Waals surface area contributed by atoms with Crippen LogP contribution in [0.3, 0.4) is 0 Å². The van der Waals surface area contributed by atoms with Crippen LogP contribution in [0.25, 0.3) is 0 Å². The number of ketones is 1. The van der Waals surface area contributed by atoms with Crippen molar-refractivity contribution in [2.45, 2.75) is 32.8 Å². The summed E-state index contributed by atoms with van der Waals surface area (Å²) in [4.78, 5) is 33.9. The van der Waals surface area contributed by atoms with Gasteiger partial charge in [-0.2, -0.15) is 0 Å². The van der Waals surface area contributed by atoms with Crippen LogP contribution in [0.1, 0.15) is 47.9 Å². The fraction of sp³-hybridized carbons (Fsp3) is 0.357. The number of carbonyl (C=O) groups is 3. The highest BCUT2D eigenvalue weighted by Crippen LogP contribution is 2.11. The Morgan fingerprint density at radius 1 is 1.05 bits per heavy atom. The molecule has 1 N–H and O–H groups in total. The fourth-order valence-electron chi connectivity index (χ4n) is 1.41. The van der Waals surface area contributed by atoms with Crippen molar-refractivity contribution in [1.29, 1.82) is 0 Å². The summed E-state index contributed by atoms with van der Waals surface area (Å²) in [6.45, 7) is 5.16. The monoisotopic (exact) mass is 264 g/mol. The van der Waals surface area contributed by atoms with Crippen molar-refractivity contribution >= 4 is 17.7 Å². The molecule has 0 spiro atoms. The minimum Gasteiger partial charge on any atom is -0.478 e. The summed E-state index contributed by atoms with van der Waals surface area (Å²) in [6.07, 6.45) is -0.357. The van der Waals surface area contributed by atoms with E-state index in [1.807, 2.05) is 0 Å². The quantitative estimate of drug-likeness (QED) is 0.512. The topological polar surface area (TPSA) is 80.7 Å². The number of ether oxygens (including phenoxy) is 1. The maximum Gasteiger partial charge on any atom is 0.335 e. The highest BCUT2D eigenvalue weighted by atomic mass is 16.6. The summed E-state index contributed by atoms with van der Waals surface area (Å²) in [6, 6.07) is 5.42. The zero-order valence-corrected chi connectivity index (χ0v) is 11.1. The molecule has 5 nitrogen and oxygen atoms in total. The summed E-state index contributed by atoms with van der Waals surface area (Å²) in [5.74, 6) is -2.06. The Kier molecular flexibility index (Phi) is 4.43. The van der Waals surface area contributed by atoms with Crippen LogP contribution in [0.4, 0.5) is 0 Å². The van der Waals surface area contributed by atoms with Crippen LogP contribution in [0.5, 0.6) is 0 Å². The third kappa shape index (κ3) is 4.91. The van der Waals surface area contributed by atoms with Crippen molar-refractivity contribution in [2.75, 3.05) is 0 Å². The van der Waals surface area contributed by atoms with Crippen molar-refractivity contribution in [2.24, 2.45) is 0 Å². The number of hydrogen-bond acceptors (Lipinski definition) is 4. The molecule has 19 heavy (non-hydrogen) atoms. The van der Waals surface area contributed by atoms with Crippen LogP contribution in [-0.4, -0.2) is 28.4 Å². The first-order chi connectivity index (χ1) is 8.69. The molecule has 1 aromatic rings. The van der Waals surface area contributed by atoms with Crippen molar-refractivity contribution in [3.05, 3.63) is 35.4 Å². The molecule has 0 unspecified atom stereocenters. The summed E-state index contributed by atoms with van der Waals surface area (Å²) in [5.41, 5.74) is -0.255. The Morgan fingerprint density at radius 2 is 1.53 bits per heavy atom. The van der Waals surface area contributed by atoms with Crippen LogP contribution in [0.15, 0.2) is 24.3 Å². The molecule has 0 aliphatic rings. The number of hydrogen-bond donors (Lipinski definition) is 1. The average Bonchev–Trinajstić information content (AvgIpc) is 2.26. The van der Waals surface area contributed by atoms with Crippen LogP contribution < -0.4 is 0 Å². The highest BCUT2D eigenvalue weighted by Gasteiger charge is 2.19. The summed E-state index contributed by atoms with van der Waals surface area (Å²) in [5, 5.41) is 8.73. The van der Waals surface area contributed by atoms with Gasteiger partial charge in [0.25, 0.3) is 0 Å². The number of aromatic carboxylic acids is 1. The van der Waals surface area contributed by atoms with Crippen LogP contribution >= 0.6 is 0 Å². The molecule has 1 rings (SSSR count). The maximum atomic E-state index is 11.8. The lowest BCUT2D eigenvalue weighted by Gasteiger charge is -2.19. The van der Waals surface area contributed by atoms with Gasteiger partial charge in [0.15, 0.2) is 5.78 Å². The number of benzene rings is 1. The van der Waals surface area contributed by atoms with E-state index in [9.17, 15) is 14.4 Å². The molecule has 5 heteroatoms. The lowest BCUT2D eigenvalue weighted by atomic mass is 10.1. The van der Waals surface area contributed by atoms with Crippen molar-refractivity contribution in [1.82, 2.24) is 0 Å². The van der Waals surface area contributed by atoms with E-state index < -0.39 is 23.3 Å². The van der Waals surface area contributed by atoms with E-state index in [1.54, 1.807) is 20.8 Å². The van der Waals surface area contributed by atoms with Crippen molar-refractivity contribution in [3.8, 4) is 0 Å². The zero-order valence-electron chi connectivity index (χ0n) is 11.1. The van der Waals surface area contributed by atoms with E-state index >= 15 is 0 Å². The smallest absolute Gasteiger partial charge is 0.335 e. The van der Waals surface area contributed by atoms with E-state index in [0.717, 1.165) is 0 Å². The minimum absolute atomic E-state index is 0.0915. The number of rotatable bonds is 4. The average molecular weight is 264 g/mol. The molecule has 0 atom stereocenters. The van der Waals surface area contributed by atoms with Crippen LogP contribution in [0.2, 0.25) is 0 Å². The van der Waals surface area contributed by atoms with Gasteiger partial charge < -0.3 is 9.84 Å². The van der Waals surface area contributed by atoms with E-state index in [4.69, 9.17) is 9.84 Å². The second-order valence-electron chi connectivity index (χ2n) is 5.07. The van der Waals surface area contributed by atoms with Crippen molar-refractivity contribution in [3.63, 3.8) is 0 Å². The van der Waals surface area contributed by atoms with Gasteiger partial charge >= 0.3 is 11.9 Å². The predicted octanol–water partition coefficient (Wildman–Crippen LogP) is 2.30. The summed E-state index contributed by atoms with van der Waals surface area (Å²) < 4.78 is 5.04. The van der Waals surface area contributed by atoms with Crippen LogP contribution in [0, 0.1) is 0 Å². The first kappa shape index (κ1) is 14.9. The Hall–Kier alpha value is -2.17. The van der Waals surface area contributed by atoms with Gasteiger partial charge in [-0.1, -0.05) is 12.1 Å². The second-order valence-corrected chi connectivity index (χ2v) is 5.07. The lowest BCUT2D eigenvalue weighted by molar-refractivity contribution is -0.153. The molecule has 1 aromatic carbocycles. The van der Waals surface area contributed by atoms with Gasteiger partial charge in [-0.05, 0) is 32.9 Å². The number of carboxylic acid groups (broad SMARTS) is 1. The molecule has 0 heterocycles. The van der Waals surface area contributed by atoms with E-state index in [2.05, 4.69) is 0 Å². The largest absolute Gasteiger partial charge is 0.478 e. The van der Waals surface area contributed by atoms with Crippen LogP contribution in [-0.2, 0) is 9.53 Å². The van der Waals surface area contributed by atoms with E-state index in [-0.39, 0.29) is 17.5 Å². The summed E-state index contributed by atoms with van der Waals surface area (Å²) in [7, 11) is 0. The molecule has 102 valence electrons. The van der Waals surface area contributed by atoms with Gasteiger partial charge in [-0.3, -0.25) is 9.59 Å². The first-order valence-corrected chi connectivity index (χ1v) is 5.77. The molecule has 0 saturated heterocycles. The molecule has 0 bridgehead atoms. The maximum absolute atomic E-state index is 11.8. The molecule has 0 fully saturated rings. The van der Waals surface area contributed by atoms with Gasteiger partial charge in [0.1, 0.15) is 12.0 Å². The Bertz CT molecular complexity index is 494. The lowest BCUT2D eigenvalue weighted by Crippen LogP contribution is -2.25. The van der Waals surface area contributed by atoms with Gasteiger partial charge in [0.05, 0.1) is 5.56 Å². The van der Waals surface area contributed by atoms with Gasteiger partial charge in [-0.15, -0.1) is 0 Å². The second kappa shape index (κ2) is 5.65.